The summed E-state index contributed by atoms with van der Waals surface area (Å²) in [4.78, 5) is 27.1. The van der Waals surface area contributed by atoms with E-state index in [-0.39, 0.29) is 17.2 Å². The largest absolute Gasteiger partial charge is 0.324 e. The highest BCUT2D eigenvalue weighted by Crippen LogP contribution is 2.34. The fraction of sp³-hybridized carbons (Fsp3) is 0.400. The Morgan fingerprint density at radius 1 is 1.12 bits per heavy atom. The number of nitrogens with one attached hydrogen (secondary N) is 2. The lowest BCUT2D eigenvalue weighted by Crippen LogP contribution is -2.26. The molecule has 1 saturated heterocycles. The Kier molecular flexibility index (Phi) is 5.47. The van der Waals surface area contributed by atoms with E-state index in [1.165, 1.54) is 9.71 Å². The van der Waals surface area contributed by atoms with Gasteiger partial charge in [-0.25, -0.2) is 9.97 Å². The van der Waals surface area contributed by atoms with Gasteiger partial charge >= 0.3 is 0 Å². The Labute approximate surface area is 200 Å². The van der Waals surface area contributed by atoms with Crippen LogP contribution in [-0.4, -0.2) is 32.6 Å². The molecule has 2 N–H and O–H groups in total. The maximum Gasteiger partial charge on any atom is 0.270 e. The van der Waals surface area contributed by atoms with E-state index >= 15 is 0 Å². The second-order valence-electron chi connectivity index (χ2n) is 9.14. The quantitative estimate of drug-likeness (QED) is 0.448. The smallest absolute Gasteiger partial charge is 0.270 e. The SMILES string of the molecule is N#Cc1cc2cnc(Nc3ccc4sc(C5CCNCC5)nc4c3)nc2n(C2CCCC2)c1=O. The lowest BCUT2D eigenvalue weighted by molar-refractivity contribution is 0.459. The Hall–Kier alpha value is -3.35. The van der Waals surface area contributed by atoms with Crippen LogP contribution in [0.15, 0.2) is 35.3 Å². The third-order valence-corrected chi connectivity index (χ3v) is 8.13. The molecule has 1 saturated carbocycles. The summed E-state index contributed by atoms with van der Waals surface area (Å²) in [7, 11) is 0. The van der Waals surface area contributed by atoms with E-state index in [0.29, 0.717) is 22.9 Å². The van der Waals surface area contributed by atoms with Crippen molar-refractivity contribution in [1.29, 1.82) is 5.26 Å². The van der Waals surface area contributed by atoms with Crippen molar-refractivity contribution < 1.29 is 0 Å². The highest BCUT2D eigenvalue weighted by molar-refractivity contribution is 7.18. The summed E-state index contributed by atoms with van der Waals surface area (Å²) in [6.45, 7) is 2.10. The Morgan fingerprint density at radius 3 is 2.74 bits per heavy atom. The molecule has 4 heterocycles. The second kappa shape index (κ2) is 8.78. The van der Waals surface area contributed by atoms with Crippen LogP contribution in [0.4, 0.5) is 11.6 Å². The number of aromatic nitrogens is 4. The number of nitriles is 1. The molecular formula is C25H25N7OS. The summed E-state index contributed by atoms with van der Waals surface area (Å²) >= 11 is 1.78. The molecule has 6 rings (SSSR count). The van der Waals surface area contributed by atoms with Crippen LogP contribution in [0.1, 0.15) is 61.1 Å². The predicted molar refractivity (Wildman–Crippen MR) is 134 cm³/mol. The molecule has 2 aliphatic rings. The molecule has 8 nitrogen and oxygen atoms in total. The standard InChI is InChI=1S/C25H25N7OS/c26-13-16-11-17-14-28-25(31-22(17)32(24(16)33)19-3-1-2-4-19)29-18-5-6-21-20(12-18)30-23(34-21)15-7-9-27-10-8-15/h5-6,11-12,14-15,19,27H,1-4,7-10H2,(H,28,29,31). The number of benzene rings is 1. The first kappa shape index (κ1) is 21.2. The number of piperidine rings is 1. The van der Waals surface area contributed by atoms with Crippen LogP contribution in [-0.2, 0) is 0 Å². The van der Waals surface area contributed by atoms with Gasteiger partial charge in [0.25, 0.3) is 5.56 Å². The van der Waals surface area contributed by atoms with Gasteiger partial charge in [-0.15, -0.1) is 11.3 Å². The minimum absolute atomic E-state index is 0.0748. The normalized spacial score (nSPS) is 17.4. The Bertz CT molecular complexity index is 1470. The first-order valence-electron chi connectivity index (χ1n) is 11.9. The van der Waals surface area contributed by atoms with Gasteiger partial charge in [0.2, 0.25) is 5.95 Å². The van der Waals surface area contributed by atoms with Crippen LogP contribution in [0.2, 0.25) is 0 Å². The fourth-order valence-corrected chi connectivity index (χ4v) is 6.27. The Balaban J connectivity index is 1.35. The molecule has 2 fully saturated rings. The molecule has 1 aliphatic carbocycles. The molecule has 0 atom stereocenters. The summed E-state index contributed by atoms with van der Waals surface area (Å²) in [5, 5.41) is 18.1. The molecular weight excluding hydrogens is 446 g/mol. The maximum absolute atomic E-state index is 13.0. The van der Waals surface area contributed by atoms with Crippen LogP contribution < -0.4 is 16.2 Å². The zero-order chi connectivity index (χ0) is 23.1. The summed E-state index contributed by atoms with van der Waals surface area (Å²) in [5.41, 5.74) is 2.29. The fourth-order valence-electron chi connectivity index (χ4n) is 5.16. The molecule has 3 aromatic heterocycles. The van der Waals surface area contributed by atoms with Crippen molar-refractivity contribution in [2.24, 2.45) is 0 Å². The van der Waals surface area contributed by atoms with Crippen molar-refractivity contribution in [3.05, 3.63) is 51.4 Å². The topological polar surface area (TPSA) is 109 Å². The molecule has 0 unspecified atom stereocenters. The van der Waals surface area contributed by atoms with Crippen molar-refractivity contribution in [2.45, 2.75) is 50.5 Å². The molecule has 0 spiro atoms. The molecule has 1 aromatic carbocycles. The summed E-state index contributed by atoms with van der Waals surface area (Å²) in [6, 6.07) is 9.85. The van der Waals surface area contributed by atoms with E-state index < -0.39 is 0 Å². The first-order valence-corrected chi connectivity index (χ1v) is 12.7. The molecule has 0 amide bonds. The van der Waals surface area contributed by atoms with Crippen LogP contribution in [0, 0.1) is 11.3 Å². The summed E-state index contributed by atoms with van der Waals surface area (Å²) in [5.74, 6) is 0.959. The van der Waals surface area contributed by atoms with Crippen molar-refractivity contribution in [3.8, 4) is 6.07 Å². The molecule has 1 aliphatic heterocycles. The molecule has 4 aromatic rings. The number of thiazole rings is 1. The van der Waals surface area contributed by atoms with Gasteiger partial charge in [-0.2, -0.15) is 10.2 Å². The molecule has 0 radical (unpaired) electrons. The lowest BCUT2D eigenvalue weighted by Gasteiger charge is -2.20. The second-order valence-corrected chi connectivity index (χ2v) is 10.2. The van der Waals surface area contributed by atoms with Gasteiger partial charge in [-0.3, -0.25) is 9.36 Å². The van der Waals surface area contributed by atoms with Crippen LogP contribution in [0.25, 0.3) is 21.3 Å². The highest BCUT2D eigenvalue weighted by Gasteiger charge is 2.23. The molecule has 172 valence electrons. The maximum atomic E-state index is 13.0. The average molecular weight is 472 g/mol. The monoisotopic (exact) mass is 471 g/mol. The zero-order valence-corrected chi connectivity index (χ0v) is 19.6. The molecule has 9 heteroatoms. The van der Waals surface area contributed by atoms with Gasteiger partial charge in [0.15, 0.2) is 0 Å². The van der Waals surface area contributed by atoms with Gasteiger partial charge in [0.05, 0.1) is 15.2 Å². The van der Waals surface area contributed by atoms with Gasteiger partial charge in [-0.1, -0.05) is 12.8 Å². The Morgan fingerprint density at radius 2 is 1.94 bits per heavy atom. The van der Waals surface area contributed by atoms with E-state index in [4.69, 9.17) is 9.97 Å². The number of pyridine rings is 1. The number of nitrogens with zero attached hydrogens (tertiary/aromatic N) is 5. The lowest BCUT2D eigenvalue weighted by atomic mass is 9.99. The van der Waals surface area contributed by atoms with Gasteiger partial charge in [0.1, 0.15) is 17.3 Å². The van der Waals surface area contributed by atoms with Crippen LogP contribution in [0.5, 0.6) is 0 Å². The average Bonchev–Trinajstić information content (AvgIpc) is 3.54. The van der Waals surface area contributed by atoms with E-state index in [0.717, 1.165) is 62.8 Å². The zero-order valence-electron chi connectivity index (χ0n) is 18.8. The van der Waals surface area contributed by atoms with E-state index in [9.17, 15) is 10.1 Å². The molecule has 0 bridgehead atoms. The summed E-state index contributed by atoms with van der Waals surface area (Å²) in [6.07, 6.45) is 7.97. The number of fused-ring (bicyclic) bond motifs is 2. The number of hydrogen-bond donors (Lipinski definition) is 2. The third-order valence-electron chi connectivity index (χ3n) is 6.93. The van der Waals surface area contributed by atoms with E-state index in [1.54, 1.807) is 28.2 Å². The number of hydrogen-bond acceptors (Lipinski definition) is 8. The first-order chi connectivity index (χ1) is 16.7. The van der Waals surface area contributed by atoms with Crippen molar-refractivity contribution >= 4 is 44.2 Å². The van der Waals surface area contributed by atoms with E-state index in [1.807, 2.05) is 18.2 Å². The predicted octanol–water partition coefficient (Wildman–Crippen LogP) is 4.60. The minimum Gasteiger partial charge on any atom is -0.324 e. The van der Waals surface area contributed by atoms with Crippen LogP contribution >= 0.6 is 11.3 Å². The number of anilines is 2. The van der Waals surface area contributed by atoms with Crippen molar-refractivity contribution in [1.82, 2.24) is 24.8 Å². The molecule has 34 heavy (non-hydrogen) atoms. The summed E-state index contributed by atoms with van der Waals surface area (Å²) < 4.78 is 2.89. The van der Waals surface area contributed by atoms with Gasteiger partial charge in [-0.05, 0) is 63.0 Å². The van der Waals surface area contributed by atoms with Crippen molar-refractivity contribution in [2.75, 3.05) is 18.4 Å². The number of rotatable bonds is 4. The minimum atomic E-state index is -0.263. The highest BCUT2D eigenvalue weighted by atomic mass is 32.1. The van der Waals surface area contributed by atoms with Gasteiger partial charge in [0, 0.05) is 29.2 Å². The van der Waals surface area contributed by atoms with Crippen molar-refractivity contribution in [3.63, 3.8) is 0 Å². The van der Waals surface area contributed by atoms with Crippen LogP contribution in [0.3, 0.4) is 0 Å². The van der Waals surface area contributed by atoms with Gasteiger partial charge < -0.3 is 10.6 Å². The third kappa shape index (κ3) is 3.83. The van der Waals surface area contributed by atoms with E-state index in [2.05, 4.69) is 21.7 Å².